The Bertz CT molecular complexity index is 463. The molecule has 1 aromatic rings. The molecule has 5 nitrogen and oxygen atoms in total. The molecule has 1 aliphatic rings. The molecule has 2 heterocycles. The molecule has 2 rings (SSSR count). The number of hydrogen-bond acceptors (Lipinski definition) is 3. The standard InChI is InChI=1S/C16H25N3O2/c1-13-12-17-8-5-14(13)6-9-18-16(21)19-10-3-2-4-15(19)7-11-20/h5,8,12,15,20H,2-4,6-7,9-11H2,1H3,(H,18,21). The van der Waals surface area contributed by atoms with Crippen LogP contribution >= 0.6 is 0 Å². The molecule has 21 heavy (non-hydrogen) atoms. The van der Waals surface area contributed by atoms with Crippen molar-refractivity contribution in [2.75, 3.05) is 19.7 Å². The zero-order valence-electron chi connectivity index (χ0n) is 12.7. The normalized spacial score (nSPS) is 18.6. The van der Waals surface area contributed by atoms with E-state index in [2.05, 4.69) is 10.3 Å². The van der Waals surface area contributed by atoms with Crippen LogP contribution in [0, 0.1) is 6.92 Å². The summed E-state index contributed by atoms with van der Waals surface area (Å²) in [5.41, 5.74) is 2.37. The van der Waals surface area contributed by atoms with Gasteiger partial charge >= 0.3 is 6.03 Å². The molecule has 1 aliphatic heterocycles. The smallest absolute Gasteiger partial charge is 0.317 e. The highest BCUT2D eigenvalue weighted by Gasteiger charge is 2.25. The van der Waals surface area contributed by atoms with E-state index in [1.807, 2.05) is 24.1 Å². The molecular weight excluding hydrogens is 266 g/mol. The maximum atomic E-state index is 12.3. The van der Waals surface area contributed by atoms with Crippen molar-refractivity contribution in [3.8, 4) is 0 Å². The number of likely N-dealkylation sites (tertiary alicyclic amines) is 1. The van der Waals surface area contributed by atoms with Crippen LogP contribution in [0.1, 0.15) is 36.8 Å². The second-order valence-electron chi connectivity index (χ2n) is 5.64. The van der Waals surface area contributed by atoms with Crippen molar-refractivity contribution in [2.45, 2.75) is 45.1 Å². The molecule has 0 spiro atoms. The van der Waals surface area contributed by atoms with Gasteiger partial charge in [-0.15, -0.1) is 0 Å². The molecule has 2 N–H and O–H groups in total. The number of nitrogens with one attached hydrogen (secondary N) is 1. The average Bonchev–Trinajstić information content (AvgIpc) is 2.50. The second kappa shape index (κ2) is 7.98. The molecule has 1 saturated heterocycles. The number of rotatable bonds is 5. The molecule has 2 amide bonds. The van der Waals surface area contributed by atoms with Gasteiger partial charge in [-0.05, 0) is 56.2 Å². The predicted molar refractivity (Wildman–Crippen MR) is 82.1 cm³/mol. The van der Waals surface area contributed by atoms with Gasteiger partial charge in [0.2, 0.25) is 0 Å². The summed E-state index contributed by atoms with van der Waals surface area (Å²) in [6.07, 6.45) is 8.32. The number of piperidine rings is 1. The van der Waals surface area contributed by atoms with E-state index in [9.17, 15) is 4.79 Å². The molecule has 116 valence electrons. The molecule has 0 aromatic carbocycles. The minimum atomic E-state index is -0.000130. The lowest BCUT2D eigenvalue weighted by atomic mass is 10.0. The first-order valence-corrected chi connectivity index (χ1v) is 7.77. The van der Waals surface area contributed by atoms with Gasteiger partial charge in [0.25, 0.3) is 0 Å². The SMILES string of the molecule is Cc1cnccc1CCNC(=O)N1CCCCC1CCO. The average molecular weight is 291 g/mol. The van der Waals surface area contributed by atoms with Crippen LogP contribution < -0.4 is 5.32 Å². The Balaban J connectivity index is 1.82. The Morgan fingerprint density at radius 2 is 2.38 bits per heavy atom. The Kier molecular flexibility index (Phi) is 5.99. The van der Waals surface area contributed by atoms with Gasteiger partial charge in [-0.2, -0.15) is 0 Å². The minimum absolute atomic E-state index is 0.000130. The monoisotopic (exact) mass is 291 g/mol. The van der Waals surface area contributed by atoms with Gasteiger partial charge in [0.05, 0.1) is 0 Å². The lowest BCUT2D eigenvalue weighted by molar-refractivity contribution is 0.132. The van der Waals surface area contributed by atoms with Crippen molar-refractivity contribution in [3.63, 3.8) is 0 Å². The Hall–Kier alpha value is -1.62. The lowest BCUT2D eigenvalue weighted by Crippen LogP contribution is -2.49. The highest BCUT2D eigenvalue weighted by molar-refractivity contribution is 5.74. The van der Waals surface area contributed by atoms with Crippen LogP contribution in [-0.4, -0.2) is 46.8 Å². The summed E-state index contributed by atoms with van der Waals surface area (Å²) < 4.78 is 0. The molecule has 1 aromatic heterocycles. The molecule has 0 radical (unpaired) electrons. The van der Waals surface area contributed by atoms with Gasteiger partial charge in [0, 0.05) is 38.1 Å². The van der Waals surface area contributed by atoms with Crippen LogP contribution in [0.3, 0.4) is 0 Å². The topological polar surface area (TPSA) is 65.5 Å². The third-order valence-corrected chi connectivity index (χ3v) is 4.16. The van der Waals surface area contributed by atoms with E-state index in [4.69, 9.17) is 5.11 Å². The summed E-state index contributed by atoms with van der Waals surface area (Å²) in [4.78, 5) is 18.2. The molecule has 5 heteroatoms. The van der Waals surface area contributed by atoms with E-state index in [0.29, 0.717) is 13.0 Å². The third-order valence-electron chi connectivity index (χ3n) is 4.16. The van der Waals surface area contributed by atoms with Crippen molar-refractivity contribution in [1.29, 1.82) is 0 Å². The first-order chi connectivity index (χ1) is 10.2. The number of aromatic nitrogens is 1. The maximum Gasteiger partial charge on any atom is 0.317 e. The van der Waals surface area contributed by atoms with E-state index in [1.165, 1.54) is 5.56 Å². The van der Waals surface area contributed by atoms with Gasteiger partial charge in [-0.3, -0.25) is 4.98 Å². The van der Waals surface area contributed by atoms with Gasteiger partial charge in [0.1, 0.15) is 0 Å². The number of urea groups is 1. The van der Waals surface area contributed by atoms with E-state index in [0.717, 1.165) is 37.8 Å². The largest absolute Gasteiger partial charge is 0.396 e. The molecule has 0 bridgehead atoms. The lowest BCUT2D eigenvalue weighted by Gasteiger charge is -2.35. The number of pyridine rings is 1. The summed E-state index contributed by atoms with van der Waals surface area (Å²) in [5.74, 6) is 0. The summed E-state index contributed by atoms with van der Waals surface area (Å²) in [6.45, 7) is 3.60. The highest BCUT2D eigenvalue weighted by atomic mass is 16.3. The number of aliphatic hydroxyl groups excluding tert-OH is 1. The number of carbonyl (C=O) groups is 1. The molecule has 1 fully saturated rings. The van der Waals surface area contributed by atoms with Crippen LogP contribution in [0.5, 0.6) is 0 Å². The van der Waals surface area contributed by atoms with E-state index >= 15 is 0 Å². The summed E-state index contributed by atoms with van der Waals surface area (Å²) in [7, 11) is 0. The quantitative estimate of drug-likeness (QED) is 0.870. The Morgan fingerprint density at radius 3 is 3.14 bits per heavy atom. The van der Waals surface area contributed by atoms with Crippen LogP contribution in [0.4, 0.5) is 4.79 Å². The molecular formula is C16H25N3O2. The second-order valence-corrected chi connectivity index (χ2v) is 5.64. The van der Waals surface area contributed by atoms with Crippen molar-refractivity contribution in [1.82, 2.24) is 15.2 Å². The number of nitrogens with zero attached hydrogens (tertiary/aromatic N) is 2. The minimum Gasteiger partial charge on any atom is -0.396 e. The first-order valence-electron chi connectivity index (χ1n) is 7.77. The summed E-state index contributed by atoms with van der Waals surface area (Å²) in [6, 6.07) is 2.18. The van der Waals surface area contributed by atoms with Crippen LogP contribution in [-0.2, 0) is 6.42 Å². The summed E-state index contributed by atoms with van der Waals surface area (Å²) in [5, 5.41) is 12.1. The molecule has 1 unspecified atom stereocenters. The molecule has 0 saturated carbocycles. The van der Waals surface area contributed by atoms with E-state index < -0.39 is 0 Å². The number of carbonyl (C=O) groups excluding carboxylic acids is 1. The van der Waals surface area contributed by atoms with Gasteiger partial charge in [-0.1, -0.05) is 0 Å². The fourth-order valence-corrected chi connectivity index (χ4v) is 2.91. The van der Waals surface area contributed by atoms with Crippen molar-refractivity contribution in [2.24, 2.45) is 0 Å². The van der Waals surface area contributed by atoms with E-state index in [-0.39, 0.29) is 18.7 Å². The molecule has 1 atom stereocenters. The fourth-order valence-electron chi connectivity index (χ4n) is 2.91. The number of amides is 2. The first kappa shape index (κ1) is 15.8. The highest BCUT2D eigenvalue weighted by Crippen LogP contribution is 2.19. The Labute approximate surface area is 126 Å². The van der Waals surface area contributed by atoms with Crippen LogP contribution in [0.15, 0.2) is 18.5 Å². The van der Waals surface area contributed by atoms with Crippen molar-refractivity contribution in [3.05, 3.63) is 29.6 Å². The third kappa shape index (κ3) is 4.43. The van der Waals surface area contributed by atoms with Gasteiger partial charge in [0.15, 0.2) is 0 Å². The zero-order valence-corrected chi connectivity index (χ0v) is 12.7. The number of aliphatic hydroxyl groups is 1. The van der Waals surface area contributed by atoms with Gasteiger partial charge in [-0.25, -0.2) is 4.79 Å². The van der Waals surface area contributed by atoms with Crippen molar-refractivity contribution < 1.29 is 9.90 Å². The number of aryl methyl sites for hydroxylation is 1. The van der Waals surface area contributed by atoms with Crippen molar-refractivity contribution >= 4 is 6.03 Å². The van der Waals surface area contributed by atoms with Crippen LogP contribution in [0.2, 0.25) is 0 Å². The predicted octanol–water partition coefficient (Wildman–Crippen LogP) is 1.88. The number of hydrogen-bond donors (Lipinski definition) is 2. The van der Waals surface area contributed by atoms with Gasteiger partial charge < -0.3 is 15.3 Å². The van der Waals surface area contributed by atoms with E-state index in [1.54, 1.807) is 6.20 Å². The fraction of sp³-hybridized carbons (Fsp3) is 0.625. The summed E-state index contributed by atoms with van der Waals surface area (Å²) >= 11 is 0. The maximum absolute atomic E-state index is 12.3. The Morgan fingerprint density at radius 1 is 1.52 bits per heavy atom. The van der Waals surface area contributed by atoms with Crippen LogP contribution in [0.25, 0.3) is 0 Å². The zero-order chi connectivity index (χ0) is 15.1. The molecule has 0 aliphatic carbocycles.